The van der Waals surface area contributed by atoms with Crippen molar-refractivity contribution in [2.24, 2.45) is 5.10 Å². The quantitative estimate of drug-likeness (QED) is 0.254. The van der Waals surface area contributed by atoms with Gasteiger partial charge in [-0.05, 0) is 64.8 Å². The van der Waals surface area contributed by atoms with Gasteiger partial charge in [0.25, 0.3) is 5.91 Å². The maximum atomic E-state index is 12.0. The lowest BCUT2D eigenvalue weighted by Gasteiger charge is -2.14. The van der Waals surface area contributed by atoms with E-state index in [0.717, 1.165) is 20.1 Å². The Morgan fingerprint density at radius 1 is 0.969 bits per heavy atom. The fraction of sp³-hybridized carbons (Fsp3) is 0.167. The van der Waals surface area contributed by atoms with Crippen LogP contribution < -0.4 is 19.6 Å². The number of ether oxygens (including phenoxy) is 3. The van der Waals surface area contributed by atoms with Gasteiger partial charge in [-0.3, -0.25) is 4.79 Å². The first-order chi connectivity index (χ1) is 15.5. The molecule has 166 valence electrons. The van der Waals surface area contributed by atoms with E-state index in [4.69, 9.17) is 14.2 Å². The van der Waals surface area contributed by atoms with E-state index in [2.05, 4.69) is 42.4 Å². The molecule has 3 rings (SSSR count). The minimum absolute atomic E-state index is 0.142. The fourth-order valence-electron chi connectivity index (χ4n) is 2.65. The number of benzene rings is 3. The van der Waals surface area contributed by atoms with Crippen LogP contribution in [0, 0.1) is 0 Å². The molecule has 0 aliphatic carbocycles. The molecule has 0 aliphatic rings. The average molecular weight is 562 g/mol. The zero-order valence-electron chi connectivity index (χ0n) is 17.4. The Labute approximate surface area is 203 Å². The smallest absolute Gasteiger partial charge is 0.277 e. The first-order valence-electron chi connectivity index (χ1n) is 9.88. The number of nitrogens with zero attached hydrogens (tertiary/aromatic N) is 1. The van der Waals surface area contributed by atoms with E-state index < -0.39 is 0 Å². The van der Waals surface area contributed by atoms with Crippen molar-refractivity contribution in [3.63, 3.8) is 0 Å². The van der Waals surface area contributed by atoms with Crippen molar-refractivity contribution in [3.8, 4) is 17.2 Å². The molecular weight excluding hydrogens is 540 g/mol. The highest BCUT2D eigenvalue weighted by atomic mass is 79.9. The molecule has 0 aliphatic heterocycles. The Balaban J connectivity index is 1.59. The van der Waals surface area contributed by atoms with Crippen molar-refractivity contribution in [2.45, 2.75) is 13.5 Å². The number of hydrazone groups is 1. The largest absolute Gasteiger partial charge is 0.490 e. The summed E-state index contributed by atoms with van der Waals surface area (Å²) in [6.45, 7) is 2.68. The molecule has 1 N–H and O–H groups in total. The Kier molecular flexibility index (Phi) is 9.13. The van der Waals surface area contributed by atoms with Gasteiger partial charge in [-0.15, -0.1) is 0 Å². The van der Waals surface area contributed by atoms with E-state index in [1.54, 1.807) is 12.1 Å². The highest BCUT2D eigenvalue weighted by Gasteiger charge is 2.11. The summed E-state index contributed by atoms with van der Waals surface area (Å²) >= 11 is 6.88. The molecule has 0 radical (unpaired) electrons. The minimum atomic E-state index is -0.367. The number of carbonyl (C=O) groups excluding carboxylic acids is 1. The van der Waals surface area contributed by atoms with Gasteiger partial charge in [0, 0.05) is 14.5 Å². The van der Waals surface area contributed by atoms with Gasteiger partial charge in [0.2, 0.25) is 0 Å². The molecule has 3 aromatic rings. The molecule has 0 spiro atoms. The third kappa shape index (κ3) is 7.39. The van der Waals surface area contributed by atoms with Crippen LogP contribution in [0.5, 0.6) is 17.2 Å². The molecule has 0 heterocycles. The lowest BCUT2D eigenvalue weighted by atomic mass is 10.2. The molecular formula is C24H22Br2N2O4. The summed E-state index contributed by atoms with van der Waals surface area (Å²) in [4.78, 5) is 12.0. The van der Waals surface area contributed by atoms with E-state index in [0.29, 0.717) is 30.5 Å². The minimum Gasteiger partial charge on any atom is -0.490 e. The maximum absolute atomic E-state index is 12.0. The summed E-state index contributed by atoms with van der Waals surface area (Å²) in [5, 5.41) is 4.01. The maximum Gasteiger partial charge on any atom is 0.277 e. The second kappa shape index (κ2) is 12.3. The molecule has 1 amide bonds. The number of rotatable bonds is 10. The zero-order chi connectivity index (χ0) is 22.8. The number of hydrogen-bond acceptors (Lipinski definition) is 5. The second-order valence-corrected chi connectivity index (χ2v) is 8.33. The van der Waals surface area contributed by atoms with Crippen molar-refractivity contribution in [1.29, 1.82) is 0 Å². The number of hydrogen-bond donors (Lipinski definition) is 1. The summed E-state index contributed by atoms with van der Waals surface area (Å²) in [5.74, 6) is 1.44. The monoisotopic (exact) mass is 560 g/mol. The standard InChI is InChI=1S/C24H22Br2N2O4/c1-2-30-22-12-18(21(26)13-23(22)32-15-17-6-4-3-5-7-17)14-27-28-24(29)16-31-20-10-8-19(25)9-11-20/h3-14H,2,15-16H2,1H3,(H,28,29)/b27-14-. The average Bonchev–Trinajstić information content (AvgIpc) is 2.80. The Hall–Kier alpha value is -2.84. The van der Waals surface area contributed by atoms with E-state index in [-0.39, 0.29) is 12.5 Å². The number of carbonyl (C=O) groups is 1. The van der Waals surface area contributed by atoms with Gasteiger partial charge in [0.15, 0.2) is 18.1 Å². The van der Waals surface area contributed by atoms with Gasteiger partial charge in [-0.25, -0.2) is 5.43 Å². The van der Waals surface area contributed by atoms with Crippen LogP contribution in [0.4, 0.5) is 0 Å². The number of halogens is 2. The molecule has 32 heavy (non-hydrogen) atoms. The van der Waals surface area contributed by atoms with Gasteiger partial charge in [0.1, 0.15) is 12.4 Å². The Morgan fingerprint density at radius 2 is 1.69 bits per heavy atom. The van der Waals surface area contributed by atoms with E-state index in [1.165, 1.54) is 6.21 Å². The number of nitrogens with one attached hydrogen (secondary N) is 1. The first kappa shape index (κ1) is 23.8. The summed E-state index contributed by atoms with van der Waals surface area (Å²) in [5.41, 5.74) is 4.25. The van der Waals surface area contributed by atoms with Crippen LogP contribution in [0.25, 0.3) is 0 Å². The summed E-state index contributed by atoms with van der Waals surface area (Å²) in [6.07, 6.45) is 1.53. The predicted octanol–water partition coefficient (Wildman–Crippen LogP) is 5.72. The van der Waals surface area contributed by atoms with Crippen LogP contribution in [-0.4, -0.2) is 25.3 Å². The highest BCUT2D eigenvalue weighted by molar-refractivity contribution is 9.10. The van der Waals surface area contributed by atoms with Gasteiger partial charge in [-0.2, -0.15) is 5.10 Å². The number of amides is 1. The van der Waals surface area contributed by atoms with E-state index >= 15 is 0 Å². The van der Waals surface area contributed by atoms with Crippen LogP contribution in [0.3, 0.4) is 0 Å². The Morgan fingerprint density at radius 3 is 2.41 bits per heavy atom. The molecule has 0 fully saturated rings. The first-order valence-corrected chi connectivity index (χ1v) is 11.5. The van der Waals surface area contributed by atoms with E-state index in [9.17, 15) is 4.79 Å². The predicted molar refractivity (Wildman–Crippen MR) is 131 cm³/mol. The summed E-state index contributed by atoms with van der Waals surface area (Å²) in [6, 6.07) is 20.8. The van der Waals surface area contributed by atoms with Crippen molar-refractivity contribution >= 4 is 44.0 Å². The lowest BCUT2D eigenvalue weighted by Crippen LogP contribution is -2.24. The third-order valence-corrected chi connectivity index (χ3v) is 5.39. The second-order valence-electron chi connectivity index (χ2n) is 6.56. The normalized spacial score (nSPS) is 10.7. The van der Waals surface area contributed by atoms with Crippen LogP contribution in [0.2, 0.25) is 0 Å². The molecule has 8 heteroatoms. The van der Waals surface area contributed by atoms with Crippen LogP contribution in [-0.2, 0) is 11.4 Å². The van der Waals surface area contributed by atoms with E-state index in [1.807, 2.05) is 61.5 Å². The van der Waals surface area contributed by atoms with Crippen molar-refractivity contribution < 1.29 is 19.0 Å². The van der Waals surface area contributed by atoms with Gasteiger partial charge in [0.05, 0.1) is 12.8 Å². The molecule has 3 aromatic carbocycles. The highest BCUT2D eigenvalue weighted by Crippen LogP contribution is 2.33. The van der Waals surface area contributed by atoms with Gasteiger partial charge < -0.3 is 14.2 Å². The zero-order valence-corrected chi connectivity index (χ0v) is 20.6. The lowest BCUT2D eigenvalue weighted by molar-refractivity contribution is -0.123. The molecule has 0 bridgehead atoms. The topological polar surface area (TPSA) is 69.2 Å². The van der Waals surface area contributed by atoms with Crippen LogP contribution >= 0.6 is 31.9 Å². The SMILES string of the molecule is CCOc1cc(/C=N\NC(=O)COc2ccc(Br)cc2)c(Br)cc1OCc1ccccc1. The van der Waals surface area contributed by atoms with Crippen LogP contribution in [0.1, 0.15) is 18.1 Å². The molecule has 0 saturated carbocycles. The van der Waals surface area contributed by atoms with Crippen molar-refractivity contribution in [1.82, 2.24) is 5.43 Å². The van der Waals surface area contributed by atoms with Gasteiger partial charge >= 0.3 is 0 Å². The Bertz CT molecular complexity index is 1060. The third-order valence-electron chi connectivity index (χ3n) is 4.18. The molecule has 6 nitrogen and oxygen atoms in total. The molecule has 0 unspecified atom stereocenters. The summed E-state index contributed by atoms with van der Waals surface area (Å²) in [7, 11) is 0. The van der Waals surface area contributed by atoms with Gasteiger partial charge in [-0.1, -0.05) is 46.3 Å². The molecule has 0 saturated heterocycles. The van der Waals surface area contributed by atoms with Crippen LogP contribution in [0.15, 0.2) is 80.8 Å². The summed E-state index contributed by atoms with van der Waals surface area (Å²) < 4.78 is 18.8. The molecule has 0 aromatic heterocycles. The van der Waals surface area contributed by atoms with Crippen molar-refractivity contribution in [3.05, 3.63) is 86.8 Å². The fourth-order valence-corrected chi connectivity index (χ4v) is 3.34. The molecule has 0 atom stereocenters. The van der Waals surface area contributed by atoms with Crippen molar-refractivity contribution in [2.75, 3.05) is 13.2 Å².